The Balaban J connectivity index is 1.56. The number of H-pyrrole nitrogens is 1. The van der Waals surface area contributed by atoms with Gasteiger partial charge >= 0.3 is 0 Å². The molecule has 0 spiro atoms. The van der Waals surface area contributed by atoms with Crippen LogP contribution >= 0.6 is 0 Å². The molecule has 0 aromatic carbocycles. The fourth-order valence-electron chi connectivity index (χ4n) is 3.08. The molecule has 0 radical (unpaired) electrons. The molecule has 1 aliphatic heterocycles. The van der Waals surface area contributed by atoms with E-state index in [9.17, 15) is 8.42 Å². The summed E-state index contributed by atoms with van der Waals surface area (Å²) in [6.45, 7) is 3.44. The number of aromatic nitrogens is 6. The second-order valence-corrected chi connectivity index (χ2v) is 8.00. The fraction of sp³-hybridized carbons (Fsp3) is 0.429. The molecule has 11 nitrogen and oxygen atoms in total. The standard InChI is InChI=1S/C14H19N9O2S/c1-2-22-8-16-11-12(20-14(15)21-13(11)22)19-9-3-4-23(7-9)26(24,25)10-5-17-18-6-10/h5-6,8-9H,2-4,7H2,1H3,(H,17,18)(H3,15,19,20,21). The third-order valence-corrected chi connectivity index (χ3v) is 6.26. The highest BCUT2D eigenvalue weighted by Crippen LogP contribution is 2.25. The lowest BCUT2D eigenvalue weighted by Crippen LogP contribution is -2.31. The predicted octanol–water partition coefficient (Wildman–Crippen LogP) is 0.0266. The summed E-state index contributed by atoms with van der Waals surface area (Å²) in [7, 11) is -3.55. The lowest BCUT2D eigenvalue weighted by molar-refractivity contribution is 0.474. The van der Waals surface area contributed by atoms with Crippen LogP contribution in [0.25, 0.3) is 11.2 Å². The largest absolute Gasteiger partial charge is 0.368 e. The third kappa shape index (κ3) is 2.76. The van der Waals surface area contributed by atoms with Crippen molar-refractivity contribution in [3.05, 3.63) is 18.7 Å². The van der Waals surface area contributed by atoms with Crippen molar-refractivity contribution in [3.63, 3.8) is 0 Å². The van der Waals surface area contributed by atoms with Crippen molar-refractivity contribution in [2.75, 3.05) is 24.1 Å². The Morgan fingerprint density at radius 1 is 1.42 bits per heavy atom. The number of aryl methyl sites for hydroxylation is 1. The highest BCUT2D eigenvalue weighted by atomic mass is 32.2. The zero-order valence-corrected chi connectivity index (χ0v) is 14.9. The molecule has 138 valence electrons. The number of nitrogens with one attached hydrogen (secondary N) is 2. The first-order valence-electron chi connectivity index (χ1n) is 8.23. The predicted molar refractivity (Wildman–Crippen MR) is 94.8 cm³/mol. The van der Waals surface area contributed by atoms with Crippen LogP contribution in [0.15, 0.2) is 23.6 Å². The highest BCUT2D eigenvalue weighted by molar-refractivity contribution is 7.89. The molecule has 1 unspecified atom stereocenters. The van der Waals surface area contributed by atoms with E-state index in [1.165, 1.54) is 16.7 Å². The Morgan fingerprint density at radius 2 is 2.27 bits per heavy atom. The van der Waals surface area contributed by atoms with Crippen LogP contribution in [0.3, 0.4) is 0 Å². The van der Waals surface area contributed by atoms with Crippen LogP contribution < -0.4 is 11.1 Å². The molecule has 1 aliphatic rings. The second-order valence-electron chi connectivity index (χ2n) is 6.06. The number of hydrogen-bond acceptors (Lipinski definition) is 8. The van der Waals surface area contributed by atoms with Crippen molar-refractivity contribution in [1.82, 2.24) is 34.0 Å². The minimum absolute atomic E-state index is 0.0963. The van der Waals surface area contributed by atoms with E-state index in [2.05, 4.69) is 30.5 Å². The molecule has 26 heavy (non-hydrogen) atoms. The van der Waals surface area contributed by atoms with Crippen molar-refractivity contribution < 1.29 is 8.42 Å². The van der Waals surface area contributed by atoms with Gasteiger partial charge in [-0.1, -0.05) is 0 Å². The van der Waals surface area contributed by atoms with E-state index in [-0.39, 0.29) is 16.9 Å². The van der Waals surface area contributed by atoms with Crippen molar-refractivity contribution >= 4 is 33.0 Å². The first kappa shape index (κ1) is 16.7. The van der Waals surface area contributed by atoms with Gasteiger partial charge in [0.05, 0.1) is 12.5 Å². The molecule has 3 aromatic rings. The Hall–Kier alpha value is -2.73. The monoisotopic (exact) mass is 377 g/mol. The minimum atomic E-state index is -3.55. The number of nitrogens with two attached hydrogens (primary N) is 1. The van der Waals surface area contributed by atoms with E-state index in [0.29, 0.717) is 43.0 Å². The van der Waals surface area contributed by atoms with Crippen molar-refractivity contribution in [3.8, 4) is 0 Å². The quantitative estimate of drug-likeness (QED) is 0.564. The number of sulfonamides is 1. The van der Waals surface area contributed by atoms with E-state index in [0.717, 1.165) is 0 Å². The Kier molecular flexibility index (Phi) is 4.00. The molecule has 12 heteroatoms. The number of nitrogens with zero attached hydrogens (tertiary/aromatic N) is 6. The molecule has 1 fully saturated rings. The smallest absolute Gasteiger partial charge is 0.246 e. The van der Waals surface area contributed by atoms with Crippen LogP contribution in [0.5, 0.6) is 0 Å². The molecule has 0 amide bonds. The van der Waals surface area contributed by atoms with Gasteiger partial charge in [0.25, 0.3) is 0 Å². The molecular formula is C14H19N9O2S. The number of fused-ring (bicyclic) bond motifs is 1. The van der Waals surface area contributed by atoms with Gasteiger partial charge in [-0.15, -0.1) is 0 Å². The van der Waals surface area contributed by atoms with E-state index in [4.69, 9.17) is 5.73 Å². The van der Waals surface area contributed by atoms with Crippen molar-refractivity contribution in [2.45, 2.75) is 30.8 Å². The lowest BCUT2D eigenvalue weighted by Gasteiger charge is -2.16. The van der Waals surface area contributed by atoms with Gasteiger partial charge < -0.3 is 15.6 Å². The van der Waals surface area contributed by atoms with Gasteiger partial charge in [0, 0.05) is 31.9 Å². The van der Waals surface area contributed by atoms with Gasteiger partial charge in [-0.25, -0.2) is 13.4 Å². The minimum Gasteiger partial charge on any atom is -0.368 e. The van der Waals surface area contributed by atoms with Gasteiger partial charge in [0.1, 0.15) is 4.90 Å². The maximum atomic E-state index is 12.6. The summed E-state index contributed by atoms with van der Waals surface area (Å²) in [5.41, 5.74) is 7.10. The number of anilines is 2. The van der Waals surface area contributed by atoms with Gasteiger partial charge in [-0.2, -0.15) is 19.4 Å². The number of nitrogen functional groups attached to an aromatic ring is 1. The average Bonchev–Trinajstić information content (AvgIpc) is 3.35. The first-order valence-corrected chi connectivity index (χ1v) is 9.67. The van der Waals surface area contributed by atoms with Crippen LogP contribution in [0, 0.1) is 0 Å². The topological polar surface area (TPSA) is 148 Å². The Bertz CT molecular complexity index is 1030. The van der Waals surface area contributed by atoms with Crippen molar-refractivity contribution in [1.29, 1.82) is 0 Å². The van der Waals surface area contributed by atoms with Crippen LogP contribution in [0.1, 0.15) is 13.3 Å². The summed E-state index contributed by atoms with van der Waals surface area (Å²) in [6, 6.07) is -0.0963. The van der Waals surface area contributed by atoms with Crippen LogP contribution in [-0.4, -0.2) is 61.6 Å². The van der Waals surface area contributed by atoms with Crippen LogP contribution in [0.2, 0.25) is 0 Å². The van der Waals surface area contributed by atoms with E-state index in [1.807, 2.05) is 11.5 Å². The molecule has 3 aromatic heterocycles. The molecule has 0 aliphatic carbocycles. The van der Waals surface area contributed by atoms with E-state index < -0.39 is 10.0 Å². The summed E-state index contributed by atoms with van der Waals surface area (Å²) < 4.78 is 28.5. The summed E-state index contributed by atoms with van der Waals surface area (Å²) in [5.74, 6) is 0.670. The number of imidazole rings is 1. The maximum absolute atomic E-state index is 12.6. The van der Waals surface area contributed by atoms with Crippen LogP contribution in [0.4, 0.5) is 11.8 Å². The van der Waals surface area contributed by atoms with Crippen molar-refractivity contribution in [2.24, 2.45) is 0 Å². The third-order valence-electron chi connectivity index (χ3n) is 4.42. The molecule has 4 N–H and O–H groups in total. The molecular weight excluding hydrogens is 358 g/mol. The zero-order chi connectivity index (χ0) is 18.3. The van der Waals surface area contributed by atoms with Gasteiger partial charge in [0.2, 0.25) is 16.0 Å². The molecule has 1 saturated heterocycles. The normalized spacial score (nSPS) is 18.6. The molecule has 1 atom stereocenters. The van der Waals surface area contributed by atoms with E-state index >= 15 is 0 Å². The maximum Gasteiger partial charge on any atom is 0.246 e. The summed E-state index contributed by atoms with van der Waals surface area (Å²) in [4.78, 5) is 13.0. The number of aromatic amines is 1. The SMILES string of the molecule is CCn1cnc2c(NC3CCN(S(=O)(=O)c4cn[nH]c4)C3)nc(N)nc21. The first-order chi connectivity index (χ1) is 12.5. The molecule has 4 heterocycles. The molecule has 0 bridgehead atoms. The Morgan fingerprint density at radius 3 is 3.00 bits per heavy atom. The summed E-state index contributed by atoms with van der Waals surface area (Å²) >= 11 is 0. The zero-order valence-electron chi connectivity index (χ0n) is 14.1. The number of hydrogen-bond donors (Lipinski definition) is 3. The van der Waals surface area contributed by atoms with Gasteiger partial charge in [-0.3, -0.25) is 5.10 Å². The highest BCUT2D eigenvalue weighted by Gasteiger charge is 2.33. The summed E-state index contributed by atoms with van der Waals surface area (Å²) in [5, 5.41) is 9.52. The molecule has 4 rings (SSSR count). The lowest BCUT2D eigenvalue weighted by atomic mass is 10.2. The number of rotatable bonds is 5. The molecule has 0 saturated carbocycles. The average molecular weight is 377 g/mol. The second kappa shape index (κ2) is 6.21. The van der Waals surface area contributed by atoms with E-state index in [1.54, 1.807) is 6.33 Å². The van der Waals surface area contributed by atoms with Crippen LogP contribution in [-0.2, 0) is 16.6 Å². The van der Waals surface area contributed by atoms with Gasteiger partial charge in [0.15, 0.2) is 17.0 Å². The Labute approximate surface area is 149 Å². The fourth-order valence-corrected chi connectivity index (χ4v) is 4.49. The van der Waals surface area contributed by atoms with Gasteiger partial charge in [-0.05, 0) is 13.3 Å². The summed E-state index contributed by atoms with van der Waals surface area (Å²) in [6.07, 6.45) is 5.02.